The summed E-state index contributed by atoms with van der Waals surface area (Å²) in [6.07, 6.45) is 7.27. The van der Waals surface area contributed by atoms with Crippen molar-refractivity contribution in [1.82, 2.24) is 24.8 Å². The molecule has 130 valence electrons. The summed E-state index contributed by atoms with van der Waals surface area (Å²) in [4.78, 5) is 6.68. The van der Waals surface area contributed by atoms with Crippen molar-refractivity contribution < 1.29 is 9.26 Å². The number of ether oxygens (including phenoxy) is 1. The van der Waals surface area contributed by atoms with Gasteiger partial charge in [0.05, 0.1) is 17.8 Å². The van der Waals surface area contributed by atoms with E-state index in [4.69, 9.17) is 14.4 Å². The van der Waals surface area contributed by atoms with E-state index in [9.17, 15) is 0 Å². The molecule has 1 saturated heterocycles. The van der Waals surface area contributed by atoms with Crippen LogP contribution in [0.1, 0.15) is 62.2 Å². The van der Waals surface area contributed by atoms with Gasteiger partial charge in [0, 0.05) is 25.8 Å². The van der Waals surface area contributed by atoms with E-state index in [1.165, 1.54) is 25.7 Å². The van der Waals surface area contributed by atoms with Crippen molar-refractivity contribution in [2.75, 3.05) is 13.1 Å². The van der Waals surface area contributed by atoms with Gasteiger partial charge in [-0.15, -0.1) is 0 Å². The number of hydrogen-bond acceptors (Lipinski definition) is 6. The molecule has 0 bridgehead atoms. The number of hydrogen-bond donors (Lipinski definition) is 0. The van der Waals surface area contributed by atoms with Crippen LogP contribution in [0.4, 0.5) is 0 Å². The summed E-state index contributed by atoms with van der Waals surface area (Å²) in [6.45, 7) is 6.38. The SMILES string of the molecule is Cc1noc([C@H]2CN(Cc3ccn(C4CCCC4)n3)C[C@@H](C)O2)n1. The molecule has 0 N–H and O–H groups in total. The van der Waals surface area contributed by atoms with Crippen molar-refractivity contribution in [1.29, 1.82) is 0 Å². The van der Waals surface area contributed by atoms with Crippen molar-refractivity contribution >= 4 is 0 Å². The third kappa shape index (κ3) is 3.37. The standard InChI is InChI=1S/C17H25N5O2/c1-12-9-21(11-16(23-12)17-18-13(2)20-24-17)10-14-7-8-22(19-14)15-5-3-4-6-15/h7-8,12,15-16H,3-6,9-11H2,1-2H3/t12-,16-/m1/s1. The van der Waals surface area contributed by atoms with Crippen LogP contribution in [0.3, 0.4) is 0 Å². The van der Waals surface area contributed by atoms with E-state index in [0.717, 1.165) is 25.3 Å². The summed E-state index contributed by atoms with van der Waals surface area (Å²) < 4.78 is 13.4. The van der Waals surface area contributed by atoms with Crippen molar-refractivity contribution in [3.63, 3.8) is 0 Å². The molecule has 3 heterocycles. The minimum Gasteiger partial charge on any atom is -0.363 e. The highest BCUT2D eigenvalue weighted by Gasteiger charge is 2.30. The van der Waals surface area contributed by atoms with Crippen LogP contribution < -0.4 is 0 Å². The van der Waals surface area contributed by atoms with E-state index in [2.05, 4.69) is 38.9 Å². The minimum absolute atomic E-state index is 0.132. The molecule has 2 fully saturated rings. The molecule has 1 aliphatic heterocycles. The van der Waals surface area contributed by atoms with Crippen LogP contribution in [-0.2, 0) is 11.3 Å². The summed E-state index contributed by atoms with van der Waals surface area (Å²) in [6, 6.07) is 2.74. The lowest BCUT2D eigenvalue weighted by Gasteiger charge is -2.34. The lowest BCUT2D eigenvalue weighted by atomic mass is 10.2. The van der Waals surface area contributed by atoms with Gasteiger partial charge in [-0.3, -0.25) is 9.58 Å². The highest BCUT2D eigenvalue weighted by atomic mass is 16.5. The summed E-state index contributed by atoms with van der Waals surface area (Å²) in [5.41, 5.74) is 1.12. The first kappa shape index (κ1) is 15.8. The molecule has 2 aliphatic rings. The van der Waals surface area contributed by atoms with Crippen LogP contribution in [0, 0.1) is 6.92 Å². The molecule has 0 spiro atoms. The zero-order valence-electron chi connectivity index (χ0n) is 14.4. The van der Waals surface area contributed by atoms with Crippen molar-refractivity contribution in [3.8, 4) is 0 Å². The number of aryl methyl sites for hydroxylation is 1. The first-order valence-electron chi connectivity index (χ1n) is 8.89. The molecule has 24 heavy (non-hydrogen) atoms. The van der Waals surface area contributed by atoms with Gasteiger partial charge in [0.1, 0.15) is 6.10 Å². The van der Waals surface area contributed by atoms with Gasteiger partial charge in [0.2, 0.25) is 0 Å². The van der Waals surface area contributed by atoms with E-state index < -0.39 is 0 Å². The average Bonchev–Trinajstić information content (AvgIpc) is 3.26. The molecule has 0 radical (unpaired) electrons. The fourth-order valence-corrected chi connectivity index (χ4v) is 3.81. The molecule has 0 amide bonds. The second-order valence-electron chi connectivity index (χ2n) is 7.03. The van der Waals surface area contributed by atoms with Crippen LogP contribution in [0.15, 0.2) is 16.8 Å². The van der Waals surface area contributed by atoms with Gasteiger partial charge < -0.3 is 9.26 Å². The Morgan fingerprint density at radius 3 is 2.83 bits per heavy atom. The Morgan fingerprint density at radius 1 is 1.25 bits per heavy atom. The predicted octanol–water partition coefficient (Wildman–Crippen LogP) is 2.65. The first-order valence-corrected chi connectivity index (χ1v) is 8.89. The van der Waals surface area contributed by atoms with Gasteiger partial charge in [0.25, 0.3) is 5.89 Å². The second kappa shape index (κ2) is 6.64. The molecule has 2 aromatic rings. The van der Waals surface area contributed by atoms with Crippen molar-refractivity contribution in [2.45, 2.75) is 64.3 Å². The maximum Gasteiger partial charge on any atom is 0.257 e. The van der Waals surface area contributed by atoms with Crippen LogP contribution in [0.5, 0.6) is 0 Å². The predicted molar refractivity (Wildman–Crippen MR) is 87.3 cm³/mol. The van der Waals surface area contributed by atoms with E-state index in [1.54, 1.807) is 0 Å². The van der Waals surface area contributed by atoms with E-state index in [0.29, 0.717) is 17.8 Å². The Bertz CT molecular complexity index is 676. The number of morpholine rings is 1. The lowest BCUT2D eigenvalue weighted by molar-refractivity contribution is -0.0933. The molecule has 7 nitrogen and oxygen atoms in total. The molecule has 0 unspecified atom stereocenters. The topological polar surface area (TPSA) is 69.2 Å². The Morgan fingerprint density at radius 2 is 2.08 bits per heavy atom. The Hall–Kier alpha value is -1.73. The number of rotatable bonds is 4. The molecule has 7 heteroatoms. The minimum atomic E-state index is -0.160. The fourth-order valence-electron chi connectivity index (χ4n) is 3.81. The zero-order chi connectivity index (χ0) is 16.5. The highest BCUT2D eigenvalue weighted by molar-refractivity contribution is 5.02. The maximum atomic E-state index is 5.98. The van der Waals surface area contributed by atoms with Gasteiger partial charge in [-0.25, -0.2) is 0 Å². The van der Waals surface area contributed by atoms with Gasteiger partial charge in [-0.05, 0) is 32.8 Å². The van der Waals surface area contributed by atoms with Crippen LogP contribution in [0.2, 0.25) is 0 Å². The monoisotopic (exact) mass is 331 g/mol. The van der Waals surface area contributed by atoms with Gasteiger partial charge in [0.15, 0.2) is 5.82 Å². The first-order chi connectivity index (χ1) is 11.7. The smallest absolute Gasteiger partial charge is 0.257 e. The Balaban J connectivity index is 1.42. The normalized spacial score (nSPS) is 26.2. The molecule has 0 aromatic carbocycles. The van der Waals surface area contributed by atoms with E-state index in [-0.39, 0.29) is 12.2 Å². The Kier molecular flexibility index (Phi) is 4.37. The van der Waals surface area contributed by atoms with Crippen molar-refractivity contribution in [2.24, 2.45) is 0 Å². The lowest BCUT2D eigenvalue weighted by Crippen LogP contribution is -2.42. The third-order valence-electron chi connectivity index (χ3n) is 4.90. The molecule has 1 saturated carbocycles. The summed E-state index contributed by atoms with van der Waals surface area (Å²) in [7, 11) is 0. The fraction of sp³-hybridized carbons (Fsp3) is 0.706. The average molecular weight is 331 g/mol. The summed E-state index contributed by atoms with van der Waals surface area (Å²) in [5, 5.41) is 8.67. The maximum absolute atomic E-state index is 5.98. The molecule has 2 atom stereocenters. The quantitative estimate of drug-likeness (QED) is 0.858. The van der Waals surface area contributed by atoms with Gasteiger partial charge in [-0.2, -0.15) is 10.1 Å². The number of aromatic nitrogens is 4. The van der Waals surface area contributed by atoms with Crippen LogP contribution in [0.25, 0.3) is 0 Å². The molecule has 4 rings (SSSR count). The molecule has 2 aromatic heterocycles. The van der Waals surface area contributed by atoms with Gasteiger partial charge >= 0.3 is 0 Å². The molecule has 1 aliphatic carbocycles. The Labute approximate surface area is 142 Å². The van der Waals surface area contributed by atoms with Crippen molar-refractivity contribution in [3.05, 3.63) is 29.7 Å². The number of nitrogens with zero attached hydrogens (tertiary/aromatic N) is 5. The highest BCUT2D eigenvalue weighted by Crippen LogP contribution is 2.29. The van der Waals surface area contributed by atoms with Crippen LogP contribution in [-0.4, -0.2) is 44.0 Å². The van der Waals surface area contributed by atoms with E-state index >= 15 is 0 Å². The zero-order valence-corrected chi connectivity index (χ0v) is 14.4. The second-order valence-corrected chi connectivity index (χ2v) is 7.03. The third-order valence-corrected chi connectivity index (χ3v) is 4.90. The van der Waals surface area contributed by atoms with Gasteiger partial charge in [-0.1, -0.05) is 18.0 Å². The summed E-state index contributed by atoms with van der Waals surface area (Å²) >= 11 is 0. The molecular formula is C17H25N5O2. The van der Waals surface area contributed by atoms with Crippen LogP contribution >= 0.6 is 0 Å². The molecular weight excluding hydrogens is 306 g/mol. The summed E-state index contributed by atoms with van der Waals surface area (Å²) in [5.74, 6) is 1.22. The largest absolute Gasteiger partial charge is 0.363 e. The van der Waals surface area contributed by atoms with E-state index in [1.807, 2.05) is 6.92 Å².